The van der Waals surface area contributed by atoms with E-state index in [2.05, 4.69) is 9.88 Å². The predicted molar refractivity (Wildman–Crippen MR) is 120 cm³/mol. The number of piperazine rings is 1. The van der Waals surface area contributed by atoms with E-state index in [0.717, 1.165) is 30.2 Å². The number of rotatable bonds is 5. The monoisotopic (exact) mass is 440 g/mol. The first-order chi connectivity index (χ1) is 14.8. The number of hydrogen-bond donors (Lipinski definition) is 0. The van der Waals surface area contributed by atoms with E-state index in [-0.39, 0.29) is 11.3 Å². The van der Waals surface area contributed by atoms with Gasteiger partial charge < -0.3 is 9.32 Å². The van der Waals surface area contributed by atoms with Crippen LogP contribution in [0.5, 0.6) is 0 Å². The summed E-state index contributed by atoms with van der Waals surface area (Å²) < 4.78 is 9.99. The molecule has 3 aromatic rings. The molecule has 0 N–H and O–H groups in total. The highest BCUT2D eigenvalue weighted by Gasteiger charge is 2.30. The van der Waals surface area contributed by atoms with Gasteiger partial charge in [0.25, 0.3) is 0 Å². The Labute approximate surface area is 187 Å². The third kappa shape index (κ3) is 4.77. The molecule has 0 atom stereocenters. The molecule has 31 heavy (non-hydrogen) atoms. The van der Waals surface area contributed by atoms with E-state index >= 15 is 0 Å². The summed E-state index contributed by atoms with van der Waals surface area (Å²) in [7, 11) is 0. The normalized spacial score (nSPS) is 15.4. The number of pyridine rings is 1. The van der Waals surface area contributed by atoms with E-state index in [1.807, 2.05) is 59.2 Å². The van der Waals surface area contributed by atoms with Gasteiger partial charge in [-0.25, -0.2) is 4.68 Å². The van der Waals surface area contributed by atoms with Crippen LogP contribution in [0, 0.1) is 10.2 Å². The third-order valence-electron chi connectivity index (χ3n) is 5.37. The second kappa shape index (κ2) is 8.76. The maximum Gasteiger partial charge on any atom is 0.228 e. The summed E-state index contributed by atoms with van der Waals surface area (Å²) in [6, 6.07) is 7.66. The lowest BCUT2D eigenvalue weighted by Crippen LogP contribution is -2.51. The van der Waals surface area contributed by atoms with E-state index in [9.17, 15) is 4.79 Å². The van der Waals surface area contributed by atoms with Gasteiger partial charge in [0.15, 0.2) is 10.6 Å². The Bertz CT molecular complexity index is 1070. The summed E-state index contributed by atoms with van der Waals surface area (Å²) in [6.07, 6.45) is 5.19. The molecule has 1 saturated heterocycles. The number of aromatic nitrogens is 4. The van der Waals surface area contributed by atoms with Crippen molar-refractivity contribution < 1.29 is 9.21 Å². The molecule has 3 aromatic heterocycles. The van der Waals surface area contributed by atoms with Gasteiger partial charge in [-0.2, -0.15) is 5.10 Å². The number of furan rings is 1. The number of nitrogens with zero attached hydrogens (tertiary/aromatic N) is 6. The minimum Gasteiger partial charge on any atom is -0.467 e. The molecule has 1 aliphatic heterocycles. The molecular weight excluding hydrogens is 412 g/mol. The van der Waals surface area contributed by atoms with E-state index in [4.69, 9.17) is 21.7 Å². The van der Waals surface area contributed by atoms with Crippen LogP contribution in [0.3, 0.4) is 0 Å². The van der Waals surface area contributed by atoms with Crippen molar-refractivity contribution in [3.8, 4) is 11.4 Å². The van der Waals surface area contributed by atoms with Crippen molar-refractivity contribution in [1.29, 1.82) is 0 Å². The van der Waals surface area contributed by atoms with Crippen LogP contribution in [0.25, 0.3) is 11.4 Å². The number of hydrogen-bond acceptors (Lipinski definition) is 6. The van der Waals surface area contributed by atoms with Crippen molar-refractivity contribution >= 4 is 18.1 Å². The van der Waals surface area contributed by atoms with Crippen LogP contribution in [0.15, 0.2) is 47.3 Å². The van der Waals surface area contributed by atoms with Gasteiger partial charge >= 0.3 is 0 Å². The van der Waals surface area contributed by atoms with E-state index in [0.29, 0.717) is 31.1 Å². The van der Waals surface area contributed by atoms with Crippen molar-refractivity contribution in [3.63, 3.8) is 0 Å². The number of amides is 1. The van der Waals surface area contributed by atoms with Crippen LogP contribution < -0.4 is 0 Å². The molecule has 8 nitrogen and oxygen atoms in total. The summed E-state index contributed by atoms with van der Waals surface area (Å²) in [4.78, 5) is 21.0. The molecule has 0 unspecified atom stereocenters. The number of carbonyl (C=O) groups is 1. The van der Waals surface area contributed by atoms with Crippen LogP contribution in [0.1, 0.15) is 26.5 Å². The van der Waals surface area contributed by atoms with Gasteiger partial charge in [0, 0.05) is 49.6 Å². The second-order valence-electron chi connectivity index (χ2n) is 8.81. The summed E-state index contributed by atoms with van der Waals surface area (Å²) >= 11 is 5.78. The molecule has 4 rings (SSSR count). The fourth-order valence-corrected chi connectivity index (χ4v) is 3.95. The SMILES string of the molecule is CC(C)(C)C(=O)N1CCN(Cn2nc(-c3cccnc3)n(Cc3ccco3)c2=S)CC1. The van der Waals surface area contributed by atoms with Crippen molar-refractivity contribution in [2.24, 2.45) is 5.41 Å². The van der Waals surface area contributed by atoms with Crippen LogP contribution in [0.4, 0.5) is 0 Å². The molecule has 1 fully saturated rings. The second-order valence-corrected chi connectivity index (χ2v) is 9.18. The lowest BCUT2D eigenvalue weighted by Gasteiger charge is -2.37. The van der Waals surface area contributed by atoms with Crippen LogP contribution in [-0.2, 0) is 18.0 Å². The first kappa shape index (κ1) is 21.5. The molecule has 0 bridgehead atoms. The zero-order chi connectivity index (χ0) is 22.0. The predicted octanol–water partition coefficient (Wildman–Crippen LogP) is 3.27. The average molecular weight is 441 g/mol. The van der Waals surface area contributed by atoms with Gasteiger partial charge in [0.05, 0.1) is 19.5 Å². The molecule has 0 aliphatic carbocycles. The minimum atomic E-state index is -0.353. The Morgan fingerprint density at radius 2 is 1.94 bits per heavy atom. The van der Waals surface area contributed by atoms with Crippen molar-refractivity contribution in [2.45, 2.75) is 34.0 Å². The topological polar surface area (TPSA) is 72.3 Å². The maximum absolute atomic E-state index is 12.6. The van der Waals surface area contributed by atoms with E-state index < -0.39 is 0 Å². The molecule has 164 valence electrons. The van der Waals surface area contributed by atoms with Crippen molar-refractivity contribution in [1.82, 2.24) is 29.1 Å². The zero-order valence-electron chi connectivity index (χ0n) is 18.2. The summed E-state index contributed by atoms with van der Waals surface area (Å²) in [6.45, 7) is 9.98. The van der Waals surface area contributed by atoms with Crippen molar-refractivity contribution in [2.75, 3.05) is 26.2 Å². The standard InChI is InChI=1S/C22H28N6O2S/c1-22(2,3)20(29)26-11-9-25(10-12-26)16-28-21(31)27(15-18-7-5-13-30-18)19(24-28)17-6-4-8-23-14-17/h4-8,13-14H,9-12,15-16H2,1-3H3. The molecule has 0 radical (unpaired) electrons. The highest BCUT2D eigenvalue weighted by molar-refractivity contribution is 7.71. The molecule has 0 aromatic carbocycles. The fourth-order valence-electron chi connectivity index (χ4n) is 3.70. The lowest BCUT2D eigenvalue weighted by molar-refractivity contribution is -0.141. The molecule has 4 heterocycles. The minimum absolute atomic E-state index is 0.199. The molecule has 0 saturated carbocycles. The van der Waals surface area contributed by atoms with Crippen LogP contribution in [0.2, 0.25) is 0 Å². The summed E-state index contributed by atoms with van der Waals surface area (Å²) in [5, 5.41) is 4.82. The zero-order valence-corrected chi connectivity index (χ0v) is 19.0. The van der Waals surface area contributed by atoms with Crippen LogP contribution in [-0.4, -0.2) is 61.2 Å². The molecule has 0 spiro atoms. The Balaban J connectivity index is 1.54. The molecular formula is C22H28N6O2S. The third-order valence-corrected chi connectivity index (χ3v) is 5.80. The Morgan fingerprint density at radius 1 is 1.16 bits per heavy atom. The smallest absolute Gasteiger partial charge is 0.228 e. The van der Waals surface area contributed by atoms with Gasteiger partial charge in [-0.3, -0.25) is 19.2 Å². The lowest BCUT2D eigenvalue weighted by atomic mass is 9.94. The summed E-state index contributed by atoms with van der Waals surface area (Å²) in [5.41, 5.74) is 0.549. The van der Waals surface area contributed by atoms with Gasteiger partial charge in [-0.15, -0.1) is 0 Å². The maximum atomic E-state index is 12.6. The summed E-state index contributed by atoms with van der Waals surface area (Å²) in [5.74, 6) is 1.77. The van der Waals surface area contributed by atoms with Crippen LogP contribution >= 0.6 is 12.2 Å². The largest absolute Gasteiger partial charge is 0.467 e. The Morgan fingerprint density at radius 3 is 2.55 bits per heavy atom. The first-order valence-electron chi connectivity index (χ1n) is 10.4. The van der Waals surface area contributed by atoms with Gasteiger partial charge in [0.2, 0.25) is 5.91 Å². The molecule has 1 aliphatic rings. The van der Waals surface area contributed by atoms with E-state index in [1.54, 1.807) is 18.7 Å². The number of carbonyl (C=O) groups excluding carboxylic acids is 1. The highest BCUT2D eigenvalue weighted by atomic mass is 32.1. The van der Waals surface area contributed by atoms with Gasteiger partial charge in [-0.05, 0) is 36.5 Å². The molecule has 9 heteroatoms. The first-order valence-corrected chi connectivity index (χ1v) is 10.9. The Kier molecular flexibility index (Phi) is 6.06. The highest BCUT2D eigenvalue weighted by Crippen LogP contribution is 2.21. The Hall–Kier alpha value is -2.78. The van der Waals surface area contributed by atoms with Crippen molar-refractivity contribution in [3.05, 3.63) is 53.5 Å². The fraction of sp³-hybridized carbons (Fsp3) is 0.455. The quantitative estimate of drug-likeness (QED) is 0.567. The average Bonchev–Trinajstić information content (AvgIpc) is 3.38. The van der Waals surface area contributed by atoms with Gasteiger partial charge in [-0.1, -0.05) is 20.8 Å². The van der Waals surface area contributed by atoms with Gasteiger partial charge in [0.1, 0.15) is 5.76 Å². The molecule has 1 amide bonds. The van der Waals surface area contributed by atoms with E-state index in [1.165, 1.54) is 0 Å².